The van der Waals surface area contributed by atoms with E-state index in [1.54, 1.807) is 0 Å². The normalized spacial score (nSPS) is 18.5. The third-order valence-electron chi connectivity index (χ3n) is 7.61. The Morgan fingerprint density at radius 3 is 1.84 bits per heavy atom. The Morgan fingerprint density at radius 1 is 0.649 bits per heavy atom. The molecule has 4 aromatic rings. The van der Waals surface area contributed by atoms with Gasteiger partial charge in [0, 0.05) is 0 Å². The fraction of sp³-hybridized carbons (Fsp3) is 0.235. The molecule has 0 N–H and O–H groups in total. The van der Waals surface area contributed by atoms with E-state index in [0.717, 1.165) is 5.84 Å². The van der Waals surface area contributed by atoms with Crippen LogP contribution in [0.25, 0.3) is 0 Å². The smallest absolute Gasteiger partial charge is 0.231 e. The molecule has 0 radical (unpaired) electrons. The summed E-state index contributed by atoms with van der Waals surface area (Å²) in [4.78, 5) is 7.84. The Bertz CT molecular complexity index is 1460. The van der Waals surface area contributed by atoms with Crippen LogP contribution in [0.2, 0.25) is 0 Å². The first kappa shape index (κ1) is 23.4. The fourth-order valence-electron chi connectivity index (χ4n) is 5.82. The molecule has 184 valence electrons. The molecule has 0 aromatic heterocycles. The van der Waals surface area contributed by atoms with E-state index in [9.17, 15) is 0 Å². The van der Waals surface area contributed by atoms with Crippen LogP contribution in [0, 0.1) is 0 Å². The van der Waals surface area contributed by atoms with E-state index in [1.807, 2.05) is 0 Å². The number of fused-ring (bicyclic) bond motifs is 3. The van der Waals surface area contributed by atoms with E-state index in [-0.39, 0.29) is 12.1 Å². The van der Waals surface area contributed by atoms with E-state index in [2.05, 4.69) is 147 Å². The Balaban J connectivity index is 1.62. The maximum absolute atomic E-state index is 5.41. The van der Waals surface area contributed by atoms with Crippen LogP contribution < -0.4 is 4.90 Å². The van der Waals surface area contributed by atoms with Gasteiger partial charge in [-0.2, -0.15) is 0 Å². The van der Waals surface area contributed by atoms with Gasteiger partial charge in [-0.05, 0) is 46.2 Å². The molecule has 3 nitrogen and oxygen atoms in total. The molecule has 0 spiro atoms. The number of amidine groups is 1. The van der Waals surface area contributed by atoms with Crippen molar-refractivity contribution in [3.05, 3.63) is 131 Å². The van der Waals surface area contributed by atoms with Gasteiger partial charge in [-0.3, -0.25) is 0 Å². The number of para-hydroxylation sites is 2. The number of benzene rings is 4. The lowest BCUT2D eigenvalue weighted by molar-refractivity contribution is -0.450. The van der Waals surface area contributed by atoms with Crippen LogP contribution in [0.5, 0.6) is 0 Å². The zero-order valence-electron chi connectivity index (χ0n) is 22.0. The van der Waals surface area contributed by atoms with Gasteiger partial charge in [0.2, 0.25) is 0 Å². The molecule has 37 heavy (non-hydrogen) atoms. The average molecular weight is 485 g/mol. The molecule has 4 aromatic carbocycles. The number of anilines is 2. The van der Waals surface area contributed by atoms with Crippen LogP contribution in [-0.2, 0) is 0 Å². The summed E-state index contributed by atoms with van der Waals surface area (Å²) in [7, 11) is 0. The van der Waals surface area contributed by atoms with Crippen molar-refractivity contribution < 1.29 is 4.58 Å². The predicted molar refractivity (Wildman–Crippen MR) is 154 cm³/mol. The first-order valence-corrected chi connectivity index (χ1v) is 13.4. The van der Waals surface area contributed by atoms with Gasteiger partial charge in [-0.1, -0.05) is 119 Å². The second-order valence-corrected chi connectivity index (χ2v) is 10.7. The number of hydrogen-bond acceptors (Lipinski definition) is 2. The van der Waals surface area contributed by atoms with Crippen molar-refractivity contribution in [2.75, 3.05) is 4.90 Å². The molecule has 0 fully saturated rings. The van der Waals surface area contributed by atoms with Crippen LogP contribution >= 0.6 is 0 Å². The van der Waals surface area contributed by atoms with Crippen molar-refractivity contribution in [1.82, 2.24) is 0 Å². The summed E-state index contributed by atoms with van der Waals surface area (Å²) in [6.45, 7) is 9.17. The van der Waals surface area contributed by atoms with Crippen molar-refractivity contribution in [2.45, 2.75) is 51.6 Å². The van der Waals surface area contributed by atoms with Gasteiger partial charge < -0.3 is 0 Å². The first-order chi connectivity index (χ1) is 18.0. The minimum absolute atomic E-state index is 0.00719. The summed E-state index contributed by atoms with van der Waals surface area (Å²) in [5, 5.41) is 0. The molecule has 0 saturated carbocycles. The van der Waals surface area contributed by atoms with Crippen molar-refractivity contribution >= 4 is 23.5 Å². The van der Waals surface area contributed by atoms with E-state index in [1.165, 1.54) is 39.2 Å². The van der Waals surface area contributed by atoms with Crippen molar-refractivity contribution in [1.29, 1.82) is 0 Å². The summed E-state index contributed by atoms with van der Waals surface area (Å²) in [6, 6.07) is 37.2. The molecular weight excluding hydrogens is 450 g/mol. The Labute approximate surface area is 220 Å². The first-order valence-electron chi connectivity index (χ1n) is 13.4. The van der Waals surface area contributed by atoms with Gasteiger partial charge in [0.1, 0.15) is 17.4 Å². The Morgan fingerprint density at radius 2 is 1.22 bits per heavy atom. The largest absolute Gasteiger partial charge is 0.269 e. The third kappa shape index (κ3) is 3.99. The molecule has 0 amide bonds. The molecule has 2 atom stereocenters. The maximum atomic E-state index is 5.41. The summed E-state index contributed by atoms with van der Waals surface area (Å²) in [6.07, 6.45) is 2.31. The van der Waals surface area contributed by atoms with Crippen molar-refractivity contribution in [3.63, 3.8) is 0 Å². The van der Waals surface area contributed by atoms with E-state index >= 15 is 0 Å². The molecule has 0 unspecified atom stereocenters. The molecule has 0 aliphatic carbocycles. The number of hydrogen-bond donors (Lipinski definition) is 0. The molecule has 2 heterocycles. The highest BCUT2D eigenvalue weighted by molar-refractivity contribution is 6.09. The van der Waals surface area contributed by atoms with Crippen LogP contribution in [0.15, 0.2) is 108 Å². The highest BCUT2D eigenvalue weighted by atomic mass is 15.3. The number of aliphatic imine (C=N–C) groups is 1. The predicted octanol–water partition coefficient (Wildman–Crippen LogP) is 8.37. The van der Waals surface area contributed by atoms with Crippen molar-refractivity contribution in [2.24, 2.45) is 4.99 Å². The quantitative estimate of drug-likeness (QED) is 0.260. The van der Waals surface area contributed by atoms with Crippen LogP contribution in [0.1, 0.15) is 79.4 Å². The number of rotatable bonds is 5. The highest BCUT2D eigenvalue weighted by Gasteiger charge is 2.46. The highest BCUT2D eigenvalue weighted by Crippen LogP contribution is 2.46. The lowest BCUT2D eigenvalue weighted by atomic mass is 9.91. The minimum Gasteiger partial charge on any atom is -0.231 e. The Hall–Kier alpha value is -3.98. The fourth-order valence-corrected chi connectivity index (χ4v) is 5.82. The zero-order chi connectivity index (χ0) is 25.5. The minimum atomic E-state index is 0.00719. The second-order valence-electron chi connectivity index (χ2n) is 10.7. The summed E-state index contributed by atoms with van der Waals surface area (Å²) < 4.78 is 2.41. The van der Waals surface area contributed by atoms with E-state index in [4.69, 9.17) is 4.99 Å². The summed E-state index contributed by atoms with van der Waals surface area (Å²) in [5.41, 5.74) is 8.91. The second kappa shape index (κ2) is 9.48. The average Bonchev–Trinajstić information content (AvgIpc) is 3.33. The van der Waals surface area contributed by atoms with Gasteiger partial charge in [0.25, 0.3) is 5.84 Å². The van der Waals surface area contributed by atoms with Gasteiger partial charge in [-0.15, -0.1) is 4.99 Å². The molecule has 3 heteroatoms. The van der Waals surface area contributed by atoms with E-state index < -0.39 is 0 Å². The van der Waals surface area contributed by atoms with Gasteiger partial charge in [-0.25, -0.2) is 9.48 Å². The molecule has 0 bridgehead atoms. The lowest BCUT2D eigenvalue weighted by Crippen LogP contribution is -2.36. The standard InChI is InChI=1S/C34H34N3/c1-23(2)27-19-13-20-28(24(3)4)33(27)36-22-37-32(26-16-9-6-10-17-26)31(25-14-7-5-8-15-25)35-34(37)29-18-11-12-21-30(29)36/h5-24,31-32H,1-4H3/q+1/t31-,32-/m0/s1. The molecule has 6 rings (SSSR count). The third-order valence-corrected chi connectivity index (χ3v) is 7.61. The van der Waals surface area contributed by atoms with Gasteiger partial charge >= 0.3 is 0 Å². The SMILES string of the molecule is CC(C)c1cccc(C(C)C)c1N1C=[N+]2C(=N[C@@H](c3ccccc3)[C@@H]2c2ccccc2)c2ccccc21. The van der Waals surface area contributed by atoms with Crippen LogP contribution in [0.3, 0.4) is 0 Å². The molecule has 2 aliphatic heterocycles. The topological polar surface area (TPSA) is 18.6 Å². The molecule has 2 aliphatic rings. The van der Waals surface area contributed by atoms with E-state index in [0.29, 0.717) is 11.8 Å². The Kier molecular flexibility index (Phi) is 6.00. The van der Waals surface area contributed by atoms with Gasteiger partial charge in [0.15, 0.2) is 12.4 Å². The lowest BCUT2D eigenvalue weighted by Gasteiger charge is -2.30. The van der Waals surface area contributed by atoms with Crippen molar-refractivity contribution in [3.8, 4) is 0 Å². The van der Waals surface area contributed by atoms with Gasteiger partial charge in [0.05, 0.1) is 5.56 Å². The zero-order valence-corrected chi connectivity index (χ0v) is 22.0. The molecular formula is C34H34N3+. The monoisotopic (exact) mass is 484 g/mol. The van der Waals surface area contributed by atoms with Crippen LogP contribution in [-0.4, -0.2) is 16.7 Å². The number of nitrogens with zero attached hydrogens (tertiary/aromatic N) is 3. The summed E-state index contributed by atoms with van der Waals surface area (Å²) >= 11 is 0. The molecule has 0 saturated heterocycles. The maximum Gasteiger partial charge on any atom is 0.269 e. The summed E-state index contributed by atoms with van der Waals surface area (Å²) in [5.74, 6) is 1.86. The van der Waals surface area contributed by atoms with Crippen LogP contribution in [0.4, 0.5) is 11.4 Å².